The fraction of sp³-hybridized carbons (Fsp3) is 0.385. The van der Waals surface area contributed by atoms with Crippen LogP contribution in [0.2, 0.25) is 0 Å². The highest BCUT2D eigenvalue weighted by Crippen LogP contribution is 2.25. The van der Waals surface area contributed by atoms with Crippen LogP contribution in [0, 0.1) is 10.1 Å². The van der Waals surface area contributed by atoms with Gasteiger partial charge in [0.05, 0.1) is 4.92 Å². The normalized spacial score (nSPS) is 10.2. The number of carbonyl (C=O) groups is 2. The average Bonchev–Trinajstić information content (AvgIpc) is 2.37. The average molecular weight is 294 g/mol. The highest BCUT2D eigenvalue weighted by atomic mass is 16.6. The van der Waals surface area contributed by atoms with Gasteiger partial charge in [0, 0.05) is 30.6 Å². The molecule has 4 N–H and O–H groups in total. The third-order valence-electron chi connectivity index (χ3n) is 2.59. The Kier molecular flexibility index (Phi) is 5.65. The Labute approximate surface area is 121 Å². The van der Waals surface area contributed by atoms with E-state index >= 15 is 0 Å². The molecular formula is C13H18N4O4. The summed E-state index contributed by atoms with van der Waals surface area (Å²) in [4.78, 5) is 32.9. The number of primary amides is 1. The Bertz CT molecular complexity index is 557. The van der Waals surface area contributed by atoms with Gasteiger partial charge in [-0.1, -0.05) is 0 Å². The van der Waals surface area contributed by atoms with E-state index in [9.17, 15) is 19.7 Å². The number of nitrogens with zero attached hydrogens (tertiary/aromatic N) is 1. The van der Waals surface area contributed by atoms with Gasteiger partial charge in [-0.05, 0) is 26.0 Å². The van der Waals surface area contributed by atoms with E-state index in [1.807, 2.05) is 13.8 Å². The van der Waals surface area contributed by atoms with Crippen molar-refractivity contribution in [1.82, 2.24) is 5.32 Å². The number of hydrogen-bond donors (Lipinski definition) is 3. The summed E-state index contributed by atoms with van der Waals surface area (Å²) in [5.41, 5.74) is 5.29. The van der Waals surface area contributed by atoms with Crippen LogP contribution in [-0.4, -0.2) is 29.3 Å². The number of nitrogens with one attached hydrogen (secondary N) is 2. The van der Waals surface area contributed by atoms with E-state index in [0.29, 0.717) is 0 Å². The lowest BCUT2D eigenvalue weighted by Gasteiger charge is -2.10. The van der Waals surface area contributed by atoms with E-state index in [1.165, 1.54) is 18.2 Å². The third kappa shape index (κ3) is 5.09. The Morgan fingerprint density at radius 3 is 2.57 bits per heavy atom. The number of nitro benzene ring substituents is 1. The predicted molar refractivity (Wildman–Crippen MR) is 78.0 cm³/mol. The van der Waals surface area contributed by atoms with Crippen LogP contribution in [0.4, 0.5) is 11.4 Å². The highest BCUT2D eigenvalue weighted by Gasteiger charge is 2.16. The van der Waals surface area contributed by atoms with Crippen molar-refractivity contribution in [3.63, 3.8) is 0 Å². The highest BCUT2D eigenvalue weighted by molar-refractivity contribution is 5.94. The molecule has 114 valence electrons. The lowest BCUT2D eigenvalue weighted by atomic mass is 10.1. The number of hydrogen-bond acceptors (Lipinski definition) is 5. The van der Waals surface area contributed by atoms with Crippen molar-refractivity contribution in [2.24, 2.45) is 5.73 Å². The van der Waals surface area contributed by atoms with Crippen LogP contribution in [0.1, 0.15) is 30.6 Å². The summed E-state index contributed by atoms with van der Waals surface area (Å²) in [5, 5.41) is 16.4. The predicted octanol–water partition coefficient (Wildman–Crippen LogP) is 1.02. The summed E-state index contributed by atoms with van der Waals surface area (Å²) in [6.45, 7) is 3.89. The van der Waals surface area contributed by atoms with Gasteiger partial charge in [-0.3, -0.25) is 19.7 Å². The maximum absolute atomic E-state index is 11.5. The van der Waals surface area contributed by atoms with Gasteiger partial charge in [0.1, 0.15) is 5.69 Å². The molecule has 0 bridgehead atoms. The molecular weight excluding hydrogens is 276 g/mol. The van der Waals surface area contributed by atoms with Gasteiger partial charge in [-0.25, -0.2) is 0 Å². The molecule has 1 rings (SSSR count). The van der Waals surface area contributed by atoms with Crippen molar-refractivity contribution in [3.05, 3.63) is 33.9 Å². The number of nitrogens with two attached hydrogens (primary N) is 1. The van der Waals surface area contributed by atoms with Crippen molar-refractivity contribution in [1.29, 1.82) is 0 Å². The second kappa shape index (κ2) is 7.22. The Hall–Kier alpha value is -2.64. The molecule has 0 radical (unpaired) electrons. The van der Waals surface area contributed by atoms with Crippen molar-refractivity contribution in [2.45, 2.75) is 26.3 Å². The molecule has 0 heterocycles. The maximum Gasteiger partial charge on any atom is 0.292 e. The Morgan fingerprint density at radius 2 is 2.05 bits per heavy atom. The van der Waals surface area contributed by atoms with Crippen LogP contribution >= 0.6 is 0 Å². The molecule has 0 saturated carbocycles. The first-order chi connectivity index (χ1) is 9.81. The summed E-state index contributed by atoms with van der Waals surface area (Å²) in [6.07, 6.45) is 0.163. The second-order valence-electron chi connectivity index (χ2n) is 4.75. The Morgan fingerprint density at radius 1 is 1.38 bits per heavy atom. The molecule has 0 aliphatic rings. The fourth-order valence-electron chi connectivity index (χ4n) is 1.69. The summed E-state index contributed by atoms with van der Waals surface area (Å²) >= 11 is 0. The first kappa shape index (κ1) is 16.4. The molecule has 2 amide bonds. The zero-order valence-corrected chi connectivity index (χ0v) is 11.9. The molecule has 0 aliphatic heterocycles. The summed E-state index contributed by atoms with van der Waals surface area (Å²) < 4.78 is 0. The molecule has 8 nitrogen and oxygen atoms in total. The minimum Gasteiger partial charge on any atom is -0.379 e. The molecule has 0 saturated heterocycles. The van der Waals surface area contributed by atoms with Crippen LogP contribution in [0.15, 0.2) is 18.2 Å². The second-order valence-corrected chi connectivity index (χ2v) is 4.75. The van der Waals surface area contributed by atoms with Gasteiger partial charge in [0.2, 0.25) is 11.8 Å². The van der Waals surface area contributed by atoms with Gasteiger partial charge >= 0.3 is 0 Å². The van der Waals surface area contributed by atoms with Crippen molar-refractivity contribution < 1.29 is 14.5 Å². The smallest absolute Gasteiger partial charge is 0.292 e. The minimum absolute atomic E-state index is 0.0324. The third-order valence-corrected chi connectivity index (χ3v) is 2.59. The van der Waals surface area contributed by atoms with Crippen molar-refractivity contribution in [2.75, 3.05) is 11.9 Å². The molecule has 0 aromatic heterocycles. The van der Waals surface area contributed by atoms with Gasteiger partial charge in [-0.15, -0.1) is 0 Å². The van der Waals surface area contributed by atoms with E-state index in [1.54, 1.807) is 0 Å². The monoisotopic (exact) mass is 294 g/mol. The minimum atomic E-state index is -0.675. The van der Waals surface area contributed by atoms with Crippen LogP contribution in [0.25, 0.3) is 0 Å². The molecule has 1 aromatic carbocycles. The number of amides is 2. The van der Waals surface area contributed by atoms with E-state index < -0.39 is 10.8 Å². The van der Waals surface area contributed by atoms with Crippen molar-refractivity contribution in [3.8, 4) is 0 Å². The van der Waals surface area contributed by atoms with E-state index in [2.05, 4.69) is 10.6 Å². The Balaban J connectivity index is 2.76. The van der Waals surface area contributed by atoms with E-state index in [0.717, 1.165) is 0 Å². The van der Waals surface area contributed by atoms with Gasteiger partial charge in [0.25, 0.3) is 5.69 Å². The molecule has 8 heteroatoms. The quantitative estimate of drug-likeness (QED) is 0.511. The molecule has 0 fully saturated rings. The molecule has 0 spiro atoms. The summed E-state index contributed by atoms with van der Waals surface area (Å²) in [7, 11) is 0. The maximum atomic E-state index is 11.5. The standard InChI is InChI=1S/C13H18N4O4/c1-8(2)16-12(18)5-6-15-10-7-9(13(14)19)3-4-11(10)17(20)21/h3-4,7-8,15H,5-6H2,1-2H3,(H2,14,19)(H,16,18). The number of rotatable bonds is 7. The SMILES string of the molecule is CC(C)NC(=O)CCNc1cc(C(N)=O)ccc1[N+](=O)[O-]. The van der Waals surface area contributed by atoms with Crippen LogP contribution in [-0.2, 0) is 4.79 Å². The molecule has 0 atom stereocenters. The number of benzene rings is 1. The van der Waals surface area contributed by atoms with E-state index in [4.69, 9.17) is 5.73 Å². The first-order valence-corrected chi connectivity index (χ1v) is 6.42. The topological polar surface area (TPSA) is 127 Å². The van der Waals surface area contributed by atoms with Gasteiger partial charge in [-0.2, -0.15) is 0 Å². The number of nitro groups is 1. The summed E-state index contributed by atoms with van der Waals surface area (Å²) in [5.74, 6) is -0.836. The lowest BCUT2D eigenvalue weighted by molar-refractivity contribution is -0.384. The van der Waals surface area contributed by atoms with Crippen LogP contribution in [0.5, 0.6) is 0 Å². The van der Waals surface area contributed by atoms with Crippen LogP contribution < -0.4 is 16.4 Å². The number of carbonyl (C=O) groups excluding carboxylic acids is 2. The first-order valence-electron chi connectivity index (χ1n) is 6.42. The fourth-order valence-corrected chi connectivity index (χ4v) is 1.69. The van der Waals surface area contributed by atoms with Gasteiger partial charge < -0.3 is 16.4 Å². The molecule has 21 heavy (non-hydrogen) atoms. The van der Waals surface area contributed by atoms with Gasteiger partial charge in [0.15, 0.2) is 0 Å². The summed E-state index contributed by atoms with van der Waals surface area (Å²) in [6, 6.07) is 3.83. The zero-order chi connectivity index (χ0) is 16.0. The van der Waals surface area contributed by atoms with Crippen LogP contribution in [0.3, 0.4) is 0 Å². The zero-order valence-electron chi connectivity index (χ0n) is 11.9. The lowest BCUT2D eigenvalue weighted by Crippen LogP contribution is -2.31. The largest absolute Gasteiger partial charge is 0.379 e. The van der Waals surface area contributed by atoms with Crippen molar-refractivity contribution >= 4 is 23.2 Å². The van der Waals surface area contributed by atoms with E-state index in [-0.39, 0.29) is 41.9 Å². The molecule has 1 aromatic rings. The molecule has 0 aliphatic carbocycles. The molecule has 0 unspecified atom stereocenters. The number of anilines is 1.